The summed E-state index contributed by atoms with van der Waals surface area (Å²) in [5.41, 5.74) is 1.60. The third kappa shape index (κ3) is 2.76. The summed E-state index contributed by atoms with van der Waals surface area (Å²) in [7, 11) is 3.16. The van der Waals surface area contributed by atoms with Gasteiger partial charge in [-0.05, 0) is 43.8 Å². The SMILES string of the molecule is CCN1C(=O)SC(=Cc2ccc(OC)c(C)c2OC)C1=O. The fraction of sp³-hybridized carbons (Fsp3) is 0.333. The number of benzene rings is 1. The number of carbonyl (C=O) groups is 2. The molecule has 0 N–H and O–H groups in total. The van der Waals surface area contributed by atoms with Crippen molar-refractivity contribution in [1.82, 2.24) is 4.90 Å². The monoisotopic (exact) mass is 307 g/mol. The molecule has 21 heavy (non-hydrogen) atoms. The first-order valence-electron chi connectivity index (χ1n) is 6.50. The summed E-state index contributed by atoms with van der Waals surface area (Å²) in [6.07, 6.45) is 1.69. The van der Waals surface area contributed by atoms with Crippen LogP contribution in [-0.4, -0.2) is 36.8 Å². The Hall–Kier alpha value is -1.95. The number of rotatable bonds is 4. The average molecular weight is 307 g/mol. The molecule has 1 aliphatic rings. The van der Waals surface area contributed by atoms with Gasteiger partial charge in [0.2, 0.25) is 0 Å². The summed E-state index contributed by atoms with van der Waals surface area (Å²) in [6, 6.07) is 3.62. The Kier molecular flexibility index (Phi) is 4.57. The molecule has 1 aliphatic heterocycles. The minimum Gasteiger partial charge on any atom is -0.496 e. The first-order valence-corrected chi connectivity index (χ1v) is 7.32. The maximum atomic E-state index is 12.1. The van der Waals surface area contributed by atoms with Crippen molar-refractivity contribution in [2.24, 2.45) is 0 Å². The van der Waals surface area contributed by atoms with Gasteiger partial charge in [0.1, 0.15) is 11.5 Å². The van der Waals surface area contributed by atoms with Gasteiger partial charge in [-0.2, -0.15) is 0 Å². The second-order valence-corrected chi connectivity index (χ2v) is 5.43. The van der Waals surface area contributed by atoms with Gasteiger partial charge in [-0.25, -0.2) is 0 Å². The summed E-state index contributed by atoms with van der Waals surface area (Å²) in [5.74, 6) is 1.09. The molecule has 2 amide bonds. The molecule has 0 spiro atoms. The van der Waals surface area contributed by atoms with E-state index < -0.39 is 0 Å². The Balaban J connectivity index is 2.44. The summed E-state index contributed by atoms with van der Waals surface area (Å²) in [6.45, 7) is 4.03. The normalized spacial score (nSPS) is 16.8. The minimum atomic E-state index is -0.261. The fourth-order valence-corrected chi connectivity index (χ4v) is 3.11. The highest BCUT2D eigenvalue weighted by Gasteiger charge is 2.33. The standard InChI is InChI=1S/C15H17NO4S/c1-5-16-14(17)12(21-15(16)18)8-10-6-7-11(19-3)9(2)13(10)20-4/h6-8H,5H2,1-4H3. The van der Waals surface area contributed by atoms with Crippen LogP contribution in [0.1, 0.15) is 18.1 Å². The molecule has 0 aliphatic carbocycles. The molecule has 1 heterocycles. The molecule has 0 atom stereocenters. The lowest BCUT2D eigenvalue weighted by atomic mass is 10.1. The third-order valence-electron chi connectivity index (χ3n) is 3.29. The van der Waals surface area contributed by atoms with Crippen LogP contribution in [0.15, 0.2) is 17.0 Å². The van der Waals surface area contributed by atoms with Gasteiger partial charge < -0.3 is 9.47 Å². The van der Waals surface area contributed by atoms with E-state index in [1.54, 1.807) is 27.2 Å². The maximum absolute atomic E-state index is 12.1. The first kappa shape index (κ1) is 15.4. The Bertz CT molecular complexity index is 624. The number of methoxy groups -OCH3 is 2. The van der Waals surface area contributed by atoms with Crippen molar-refractivity contribution in [2.75, 3.05) is 20.8 Å². The third-order valence-corrected chi connectivity index (χ3v) is 4.19. The molecule has 0 radical (unpaired) electrons. The molecule has 6 heteroatoms. The Morgan fingerprint density at radius 1 is 1.24 bits per heavy atom. The lowest BCUT2D eigenvalue weighted by molar-refractivity contribution is -0.122. The van der Waals surface area contributed by atoms with E-state index in [1.807, 2.05) is 19.1 Å². The predicted octanol–water partition coefficient (Wildman–Crippen LogP) is 3.07. The van der Waals surface area contributed by atoms with Crippen LogP contribution < -0.4 is 9.47 Å². The van der Waals surface area contributed by atoms with Gasteiger partial charge in [0.05, 0.1) is 19.1 Å². The number of ether oxygens (including phenoxy) is 2. The fourth-order valence-electron chi connectivity index (χ4n) is 2.21. The zero-order chi connectivity index (χ0) is 15.6. The highest BCUT2D eigenvalue weighted by Crippen LogP contribution is 2.37. The van der Waals surface area contributed by atoms with Gasteiger partial charge in [-0.15, -0.1) is 0 Å². The topological polar surface area (TPSA) is 55.8 Å². The van der Waals surface area contributed by atoms with E-state index in [4.69, 9.17) is 9.47 Å². The van der Waals surface area contributed by atoms with Gasteiger partial charge in [0.15, 0.2) is 0 Å². The van der Waals surface area contributed by atoms with Crippen LogP contribution in [0.25, 0.3) is 6.08 Å². The van der Waals surface area contributed by atoms with E-state index in [9.17, 15) is 9.59 Å². The van der Waals surface area contributed by atoms with Crippen molar-refractivity contribution in [3.05, 3.63) is 28.2 Å². The highest BCUT2D eigenvalue weighted by atomic mass is 32.2. The number of hydrogen-bond donors (Lipinski definition) is 0. The van der Waals surface area contributed by atoms with E-state index in [1.165, 1.54) is 4.90 Å². The summed E-state index contributed by atoms with van der Waals surface area (Å²) in [4.78, 5) is 25.5. The maximum Gasteiger partial charge on any atom is 0.293 e. The van der Waals surface area contributed by atoms with E-state index in [2.05, 4.69) is 0 Å². The number of imide groups is 1. The molecule has 0 bridgehead atoms. The van der Waals surface area contributed by atoms with Crippen molar-refractivity contribution >= 4 is 29.0 Å². The molecule has 2 rings (SSSR count). The van der Waals surface area contributed by atoms with Crippen LogP contribution in [0.2, 0.25) is 0 Å². The van der Waals surface area contributed by atoms with Crippen LogP contribution in [0.5, 0.6) is 11.5 Å². The molecule has 0 aromatic heterocycles. The molecule has 1 saturated heterocycles. The molecule has 1 fully saturated rings. The molecular weight excluding hydrogens is 290 g/mol. The Morgan fingerprint density at radius 3 is 2.48 bits per heavy atom. The van der Waals surface area contributed by atoms with E-state index >= 15 is 0 Å². The molecule has 1 aromatic carbocycles. The predicted molar refractivity (Wildman–Crippen MR) is 82.6 cm³/mol. The molecule has 0 saturated carbocycles. The van der Waals surface area contributed by atoms with Crippen molar-refractivity contribution in [1.29, 1.82) is 0 Å². The molecule has 1 aromatic rings. The van der Waals surface area contributed by atoms with Crippen LogP contribution in [0.4, 0.5) is 4.79 Å². The van der Waals surface area contributed by atoms with E-state index in [-0.39, 0.29) is 11.1 Å². The molecule has 5 nitrogen and oxygen atoms in total. The van der Waals surface area contributed by atoms with Gasteiger partial charge in [-0.3, -0.25) is 14.5 Å². The summed E-state index contributed by atoms with van der Waals surface area (Å²) in [5, 5.41) is -0.238. The number of likely N-dealkylation sites (N-methyl/N-ethyl adjacent to an activating group) is 1. The molecule has 0 unspecified atom stereocenters. The van der Waals surface area contributed by atoms with Crippen LogP contribution in [0, 0.1) is 6.92 Å². The largest absolute Gasteiger partial charge is 0.496 e. The van der Waals surface area contributed by atoms with Gasteiger partial charge in [0.25, 0.3) is 11.1 Å². The molecule has 112 valence electrons. The number of thioether (sulfide) groups is 1. The smallest absolute Gasteiger partial charge is 0.293 e. The van der Waals surface area contributed by atoms with Crippen LogP contribution in [-0.2, 0) is 4.79 Å². The van der Waals surface area contributed by atoms with E-state index in [0.29, 0.717) is 22.9 Å². The van der Waals surface area contributed by atoms with Crippen molar-refractivity contribution in [2.45, 2.75) is 13.8 Å². The number of nitrogens with zero attached hydrogens (tertiary/aromatic N) is 1. The first-order chi connectivity index (χ1) is 10.0. The molecular formula is C15H17NO4S. The Labute approximate surface area is 127 Å². The lowest BCUT2D eigenvalue weighted by Gasteiger charge is -2.12. The van der Waals surface area contributed by atoms with Crippen molar-refractivity contribution in [3.8, 4) is 11.5 Å². The van der Waals surface area contributed by atoms with Crippen LogP contribution in [0.3, 0.4) is 0 Å². The Morgan fingerprint density at radius 2 is 1.95 bits per heavy atom. The van der Waals surface area contributed by atoms with Crippen LogP contribution >= 0.6 is 11.8 Å². The average Bonchev–Trinajstić information content (AvgIpc) is 2.73. The van der Waals surface area contributed by atoms with Gasteiger partial charge in [-0.1, -0.05) is 0 Å². The van der Waals surface area contributed by atoms with Gasteiger partial charge >= 0.3 is 0 Å². The lowest BCUT2D eigenvalue weighted by Crippen LogP contribution is -2.27. The highest BCUT2D eigenvalue weighted by molar-refractivity contribution is 8.18. The quantitative estimate of drug-likeness (QED) is 0.800. The van der Waals surface area contributed by atoms with Gasteiger partial charge in [0, 0.05) is 17.7 Å². The zero-order valence-electron chi connectivity index (χ0n) is 12.4. The second kappa shape index (κ2) is 6.22. The zero-order valence-corrected chi connectivity index (χ0v) is 13.2. The number of hydrogen-bond acceptors (Lipinski definition) is 5. The number of amides is 2. The summed E-state index contributed by atoms with van der Waals surface area (Å²) < 4.78 is 10.7. The summed E-state index contributed by atoms with van der Waals surface area (Å²) >= 11 is 0.948. The van der Waals surface area contributed by atoms with E-state index in [0.717, 1.165) is 22.9 Å². The van der Waals surface area contributed by atoms with Crippen molar-refractivity contribution in [3.63, 3.8) is 0 Å². The number of carbonyl (C=O) groups excluding carboxylic acids is 2. The van der Waals surface area contributed by atoms with Crippen molar-refractivity contribution < 1.29 is 19.1 Å². The minimum absolute atomic E-state index is 0.238. The second-order valence-electron chi connectivity index (χ2n) is 4.44.